The molecule has 1 saturated carbocycles. The summed E-state index contributed by atoms with van der Waals surface area (Å²) in [6.07, 6.45) is 0.615. The van der Waals surface area contributed by atoms with E-state index in [2.05, 4.69) is 20.6 Å². The maximum Gasteiger partial charge on any atom is 0.417 e. The first-order valence-corrected chi connectivity index (χ1v) is 13.7. The summed E-state index contributed by atoms with van der Waals surface area (Å²) < 4.78 is 66.1. The SMILES string of the molecule is O=C1Nc2ncc(-c3ccc(S(=O)(=O)N4CCC(Nc5ccc(C(F)(F)F)cn5)CC4)cc3)cc2C12CC2. The van der Waals surface area contributed by atoms with E-state index in [9.17, 15) is 26.4 Å². The van der Waals surface area contributed by atoms with Gasteiger partial charge in [-0.1, -0.05) is 12.1 Å². The number of sulfonamides is 1. The first-order chi connectivity index (χ1) is 18.1. The van der Waals surface area contributed by atoms with Crippen LogP contribution in [-0.4, -0.2) is 47.7 Å². The standard InChI is InChI=1S/C26H24F3N5O3S/c27-26(28,29)18-3-6-22(30-15-18)32-19-7-11-34(12-8-19)38(36,37)20-4-1-16(2-5-20)17-13-21-23(31-14-17)33-24(35)25(21)9-10-25/h1-6,13-15,19H,7-12H2,(H,30,32)(H,31,33,35). The maximum atomic E-state index is 13.2. The maximum absolute atomic E-state index is 13.2. The zero-order valence-electron chi connectivity index (χ0n) is 20.1. The van der Waals surface area contributed by atoms with Crippen LogP contribution < -0.4 is 10.6 Å². The molecule has 8 nitrogen and oxygen atoms in total. The van der Waals surface area contributed by atoms with Crippen LogP contribution in [0.4, 0.5) is 24.8 Å². The summed E-state index contributed by atoms with van der Waals surface area (Å²) in [5.74, 6) is 0.916. The van der Waals surface area contributed by atoms with Gasteiger partial charge in [-0.2, -0.15) is 17.5 Å². The topological polar surface area (TPSA) is 104 Å². The number of amides is 1. The highest BCUT2D eigenvalue weighted by atomic mass is 32.2. The first-order valence-electron chi connectivity index (χ1n) is 12.3. The van der Waals surface area contributed by atoms with Crippen LogP contribution in [0.5, 0.6) is 0 Å². The Labute approximate surface area is 217 Å². The lowest BCUT2D eigenvalue weighted by Gasteiger charge is -2.32. The summed E-state index contributed by atoms with van der Waals surface area (Å²) in [7, 11) is -3.71. The number of hydrogen-bond donors (Lipinski definition) is 2. The highest BCUT2D eigenvalue weighted by Gasteiger charge is 2.56. The number of pyridine rings is 2. The van der Waals surface area contributed by atoms with Crippen LogP contribution in [-0.2, 0) is 26.4 Å². The van der Waals surface area contributed by atoms with E-state index in [1.807, 2.05) is 6.07 Å². The molecular formula is C26H24F3N5O3S. The molecule has 1 amide bonds. The van der Waals surface area contributed by atoms with Gasteiger partial charge in [0.1, 0.15) is 11.6 Å². The van der Waals surface area contributed by atoms with Crippen molar-refractivity contribution in [2.75, 3.05) is 23.7 Å². The Morgan fingerprint density at radius 2 is 1.68 bits per heavy atom. The van der Waals surface area contributed by atoms with Crippen LogP contribution in [0.2, 0.25) is 0 Å². The van der Waals surface area contributed by atoms with Crippen LogP contribution in [0.15, 0.2) is 59.8 Å². The normalized spacial score (nSPS) is 19.3. The van der Waals surface area contributed by atoms with Gasteiger partial charge in [0.05, 0.1) is 15.9 Å². The zero-order chi connectivity index (χ0) is 26.7. The van der Waals surface area contributed by atoms with Crippen molar-refractivity contribution in [2.45, 2.75) is 48.2 Å². The predicted molar refractivity (Wildman–Crippen MR) is 134 cm³/mol. The molecule has 3 aromatic rings. The van der Waals surface area contributed by atoms with Crippen molar-refractivity contribution >= 4 is 27.6 Å². The number of benzene rings is 1. The lowest BCUT2D eigenvalue weighted by molar-refractivity contribution is -0.137. The number of halogens is 3. The average Bonchev–Trinajstić information content (AvgIpc) is 3.66. The van der Waals surface area contributed by atoms with Crippen LogP contribution >= 0.6 is 0 Å². The molecule has 2 N–H and O–H groups in total. The minimum absolute atomic E-state index is 0.00631. The number of nitrogens with zero attached hydrogens (tertiary/aromatic N) is 3. The van der Waals surface area contributed by atoms with Gasteiger partial charge >= 0.3 is 6.18 Å². The number of rotatable bonds is 5. The fourth-order valence-electron chi connectivity index (χ4n) is 5.12. The smallest absolute Gasteiger partial charge is 0.367 e. The Morgan fingerprint density at radius 1 is 0.974 bits per heavy atom. The monoisotopic (exact) mass is 543 g/mol. The molecule has 0 unspecified atom stereocenters. The van der Waals surface area contributed by atoms with Crippen molar-refractivity contribution in [2.24, 2.45) is 0 Å². The van der Waals surface area contributed by atoms with E-state index in [-0.39, 0.29) is 29.9 Å². The summed E-state index contributed by atoms with van der Waals surface area (Å²) in [6.45, 7) is 0.556. The molecule has 12 heteroatoms. The fraction of sp³-hybridized carbons (Fsp3) is 0.346. The van der Waals surface area contributed by atoms with E-state index >= 15 is 0 Å². The third-order valence-corrected chi connectivity index (χ3v) is 9.45. The van der Waals surface area contributed by atoms with Gasteiger partial charge in [0, 0.05) is 42.7 Å². The van der Waals surface area contributed by atoms with Crippen LogP contribution in [0.1, 0.15) is 36.8 Å². The fourth-order valence-corrected chi connectivity index (χ4v) is 6.59. The summed E-state index contributed by atoms with van der Waals surface area (Å²) in [4.78, 5) is 20.7. The molecule has 0 atom stereocenters. The summed E-state index contributed by atoms with van der Waals surface area (Å²) >= 11 is 0. The Bertz CT molecular complexity index is 1500. The minimum atomic E-state index is -4.45. The molecule has 0 radical (unpaired) electrons. The molecule has 4 heterocycles. The van der Waals surface area contributed by atoms with Crippen molar-refractivity contribution in [3.8, 4) is 11.1 Å². The largest absolute Gasteiger partial charge is 0.417 e. The summed E-state index contributed by atoms with van der Waals surface area (Å²) in [5, 5.41) is 5.93. The molecule has 1 saturated heterocycles. The lowest BCUT2D eigenvalue weighted by Crippen LogP contribution is -2.42. The molecule has 1 aromatic carbocycles. The number of nitrogens with one attached hydrogen (secondary N) is 2. The molecule has 3 aliphatic rings. The van der Waals surface area contributed by atoms with Crippen molar-refractivity contribution in [1.29, 1.82) is 0 Å². The minimum Gasteiger partial charge on any atom is -0.367 e. The van der Waals surface area contributed by atoms with Gasteiger partial charge in [-0.05, 0) is 61.6 Å². The second kappa shape index (κ2) is 8.77. The second-order valence-corrected chi connectivity index (χ2v) is 11.9. The van der Waals surface area contributed by atoms with Crippen molar-refractivity contribution in [1.82, 2.24) is 14.3 Å². The first kappa shape index (κ1) is 24.8. The van der Waals surface area contributed by atoms with Crippen LogP contribution in [0, 0.1) is 0 Å². The van der Waals surface area contributed by atoms with E-state index in [0.717, 1.165) is 41.8 Å². The highest BCUT2D eigenvalue weighted by Crippen LogP contribution is 2.55. The van der Waals surface area contributed by atoms with Gasteiger partial charge in [0.15, 0.2) is 0 Å². The Kier molecular flexibility index (Phi) is 5.72. The Morgan fingerprint density at radius 3 is 2.29 bits per heavy atom. The van der Waals surface area contributed by atoms with Gasteiger partial charge in [0.2, 0.25) is 15.9 Å². The number of hydrogen-bond acceptors (Lipinski definition) is 6. The number of fused-ring (bicyclic) bond motifs is 2. The van der Waals surface area contributed by atoms with Crippen molar-refractivity contribution < 1.29 is 26.4 Å². The quantitative estimate of drug-likeness (QED) is 0.494. The molecule has 0 bridgehead atoms. The summed E-state index contributed by atoms with van der Waals surface area (Å²) in [5.41, 5.74) is 1.26. The highest BCUT2D eigenvalue weighted by molar-refractivity contribution is 7.89. The number of carbonyl (C=O) groups is 1. The van der Waals surface area contributed by atoms with Crippen molar-refractivity contribution in [3.05, 3.63) is 66.0 Å². The van der Waals surface area contributed by atoms with Crippen LogP contribution in [0.25, 0.3) is 11.1 Å². The Hall–Kier alpha value is -3.51. The molecule has 2 aliphatic heterocycles. The van der Waals surface area contributed by atoms with Gasteiger partial charge in [-0.25, -0.2) is 18.4 Å². The molecule has 198 valence electrons. The number of carbonyl (C=O) groups excluding carboxylic acids is 1. The lowest BCUT2D eigenvalue weighted by atomic mass is 9.96. The number of alkyl halides is 3. The molecule has 1 spiro atoms. The van der Waals surface area contributed by atoms with Gasteiger partial charge < -0.3 is 10.6 Å². The molecule has 38 heavy (non-hydrogen) atoms. The third kappa shape index (κ3) is 4.31. The number of aromatic nitrogens is 2. The molecule has 2 aromatic heterocycles. The van der Waals surface area contributed by atoms with Crippen LogP contribution in [0.3, 0.4) is 0 Å². The zero-order valence-corrected chi connectivity index (χ0v) is 20.9. The van der Waals surface area contributed by atoms with Gasteiger partial charge in [0.25, 0.3) is 0 Å². The average molecular weight is 544 g/mol. The molecular weight excluding hydrogens is 519 g/mol. The molecule has 2 fully saturated rings. The molecule has 1 aliphatic carbocycles. The van der Waals surface area contributed by atoms with E-state index in [1.54, 1.807) is 30.5 Å². The Balaban J connectivity index is 1.10. The number of piperidine rings is 1. The van der Waals surface area contributed by atoms with E-state index in [4.69, 9.17) is 0 Å². The van der Waals surface area contributed by atoms with E-state index < -0.39 is 27.2 Å². The van der Waals surface area contributed by atoms with Crippen molar-refractivity contribution in [3.63, 3.8) is 0 Å². The molecule has 6 rings (SSSR count). The number of anilines is 2. The predicted octanol–water partition coefficient (Wildman–Crippen LogP) is 4.41. The summed E-state index contributed by atoms with van der Waals surface area (Å²) in [6, 6.07) is 10.7. The van der Waals surface area contributed by atoms with Gasteiger partial charge in [-0.3, -0.25) is 4.79 Å². The van der Waals surface area contributed by atoms with Gasteiger partial charge in [-0.15, -0.1) is 0 Å². The van der Waals surface area contributed by atoms with E-state index in [1.165, 1.54) is 10.4 Å². The third-order valence-electron chi connectivity index (χ3n) is 7.54. The van der Waals surface area contributed by atoms with E-state index in [0.29, 0.717) is 24.5 Å². The second-order valence-electron chi connectivity index (χ2n) is 9.93.